The molecule has 3 aromatic carbocycles. The predicted molar refractivity (Wildman–Crippen MR) is 116 cm³/mol. The van der Waals surface area contributed by atoms with Gasteiger partial charge in [-0.15, -0.1) is 13.2 Å². The first-order valence-corrected chi connectivity index (χ1v) is 9.82. The molecule has 4 N–H and O–H groups in total. The lowest BCUT2D eigenvalue weighted by Gasteiger charge is -2.21. The van der Waals surface area contributed by atoms with Gasteiger partial charge in [-0.3, -0.25) is 4.90 Å². The number of rotatable bonds is 4. The SMILES string of the molecule is NC(=O)N(c1ccc(-c2ccc(OC(F)(F)F)c3onc(N)c23)cc1)c1cccc(Br)c1. The van der Waals surface area contributed by atoms with Crippen LogP contribution in [0.15, 0.2) is 69.7 Å². The molecule has 0 atom stereocenters. The molecular weight excluding hydrogens is 493 g/mol. The molecule has 0 aliphatic rings. The van der Waals surface area contributed by atoms with E-state index < -0.39 is 18.1 Å². The van der Waals surface area contributed by atoms with Gasteiger partial charge < -0.3 is 20.7 Å². The fraction of sp³-hybridized carbons (Fsp3) is 0.0476. The van der Waals surface area contributed by atoms with Gasteiger partial charge in [0, 0.05) is 4.47 Å². The van der Waals surface area contributed by atoms with Crippen LogP contribution in [0.2, 0.25) is 0 Å². The second-order valence-electron chi connectivity index (χ2n) is 6.63. The summed E-state index contributed by atoms with van der Waals surface area (Å²) in [5.41, 5.74) is 13.3. The van der Waals surface area contributed by atoms with Gasteiger partial charge in [0.15, 0.2) is 11.6 Å². The summed E-state index contributed by atoms with van der Waals surface area (Å²) in [4.78, 5) is 13.4. The van der Waals surface area contributed by atoms with Crippen molar-refractivity contribution in [2.45, 2.75) is 6.36 Å². The number of benzene rings is 3. The van der Waals surface area contributed by atoms with Crippen LogP contribution in [0.5, 0.6) is 5.75 Å². The molecule has 4 rings (SSSR count). The molecule has 2 amide bonds. The second-order valence-corrected chi connectivity index (χ2v) is 7.55. The summed E-state index contributed by atoms with van der Waals surface area (Å²) >= 11 is 3.36. The monoisotopic (exact) mass is 506 g/mol. The van der Waals surface area contributed by atoms with E-state index in [1.165, 1.54) is 11.0 Å². The minimum Gasteiger partial charge on any atom is -0.402 e. The molecule has 4 aromatic rings. The molecule has 11 heteroatoms. The zero-order valence-corrected chi connectivity index (χ0v) is 17.6. The number of hydrogen-bond acceptors (Lipinski definition) is 5. The Labute approximate surface area is 187 Å². The third-order valence-corrected chi connectivity index (χ3v) is 5.06. The van der Waals surface area contributed by atoms with Crippen molar-refractivity contribution >= 4 is 50.1 Å². The van der Waals surface area contributed by atoms with Crippen LogP contribution in [0.1, 0.15) is 0 Å². The first-order chi connectivity index (χ1) is 15.1. The third-order valence-electron chi connectivity index (χ3n) is 4.56. The van der Waals surface area contributed by atoms with Crippen molar-refractivity contribution in [3.63, 3.8) is 0 Å². The number of carbonyl (C=O) groups excluding carboxylic acids is 1. The number of anilines is 3. The van der Waals surface area contributed by atoms with Gasteiger partial charge in [0.2, 0.25) is 5.58 Å². The maximum absolute atomic E-state index is 12.7. The summed E-state index contributed by atoms with van der Waals surface area (Å²) in [6.45, 7) is 0. The lowest BCUT2D eigenvalue weighted by molar-refractivity contribution is -0.274. The van der Waals surface area contributed by atoms with E-state index in [2.05, 4.69) is 25.8 Å². The van der Waals surface area contributed by atoms with E-state index in [0.29, 0.717) is 22.5 Å². The van der Waals surface area contributed by atoms with Crippen LogP contribution < -0.4 is 21.1 Å². The highest BCUT2D eigenvalue weighted by Gasteiger charge is 2.33. The molecule has 0 bridgehead atoms. The zero-order valence-electron chi connectivity index (χ0n) is 16.1. The number of alkyl halides is 3. The van der Waals surface area contributed by atoms with Crippen LogP contribution in [0.25, 0.3) is 22.1 Å². The predicted octanol–water partition coefficient (Wildman–Crippen LogP) is 5.95. The maximum atomic E-state index is 12.7. The Morgan fingerprint density at radius 3 is 2.41 bits per heavy atom. The number of hydrogen-bond donors (Lipinski definition) is 2. The molecule has 0 spiro atoms. The fourth-order valence-electron chi connectivity index (χ4n) is 3.30. The quantitative estimate of drug-likeness (QED) is 0.355. The maximum Gasteiger partial charge on any atom is 0.573 e. The van der Waals surface area contributed by atoms with E-state index in [1.54, 1.807) is 42.5 Å². The van der Waals surface area contributed by atoms with Crippen molar-refractivity contribution in [2.24, 2.45) is 5.73 Å². The molecule has 0 unspecified atom stereocenters. The molecule has 0 radical (unpaired) electrons. The lowest BCUT2D eigenvalue weighted by atomic mass is 10.0. The number of primary amides is 1. The Morgan fingerprint density at radius 2 is 1.78 bits per heavy atom. The van der Waals surface area contributed by atoms with Crippen LogP contribution in [0.4, 0.5) is 35.2 Å². The first-order valence-electron chi connectivity index (χ1n) is 9.03. The third kappa shape index (κ3) is 4.19. The number of halogens is 4. The Hall–Kier alpha value is -3.73. The summed E-state index contributed by atoms with van der Waals surface area (Å²) < 4.78 is 47.8. The summed E-state index contributed by atoms with van der Waals surface area (Å²) in [5, 5.41) is 3.75. The van der Waals surface area contributed by atoms with Crippen LogP contribution in [-0.2, 0) is 0 Å². The van der Waals surface area contributed by atoms with Crippen LogP contribution in [0, 0.1) is 0 Å². The fourth-order valence-corrected chi connectivity index (χ4v) is 3.69. The van der Waals surface area contributed by atoms with E-state index in [4.69, 9.17) is 16.0 Å². The smallest absolute Gasteiger partial charge is 0.402 e. The number of urea groups is 1. The molecule has 0 saturated carbocycles. The van der Waals surface area contributed by atoms with Crippen molar-refractivity contribution < 1.29 is 27.2 Å². The summed E-state index contributed by atoms with van der Waals surface area (Å²) in [5.74, 6) is -0.633. The van der Waals surface area contributed by atoms with Gasteiger partial charge in [0.05, 0.1) is 16.8 Å². The molecule has 0 saturated heterocycles. The average Bonchev–Trinajstić information content (AvgIpc) is 3.10. The number of ether oxygens (including phenoxy) is 1. The Kier molecular flexibility index (Phi) is 5.43. The van der Waals surface area contributed by atoms with Crippen molar-refractivity contribution in [3.8, 4) is 16.9 Å². The molecule has 1 heterocycles. The van der Waals surface area contributed by atoms with E-state index in [0.717, 1.165) is 10.5 Å². The molecule has 0 aliphatic heterocycles. The average molecular weight is 507 g/mol. The summed E-state index contributed by atoms with van der Waals surface area (Å²) in [6.07, 6.45) is -4.90. The van der Waals surface area contributed by atoms with Crippen LogP contribution in [-0.4, -0.2) is 17.6 Å². The van der Waals surface area contributed by atoms with Crippen molar-refractivity contribution in [2.75, 3.05) is 10.6 Å². The lowest BCUT2D eigenvalue weighted by Crippen LogP contribution is -2.31. The van der Waals surface area contributed by atoms with E-state index in [-0.39, 0.29) is 16.8 Å². The molecule has 1 aromatic heterocycles. The highest BCUT2D eigenvalue weighted by atomic mass is 79.9. The number of nitrogen functional groups attached to an aromatic ring is 1. The van der Waals surface area contributed by atoms with E-state index in [9.17, 15) is 18.0 Å². The highest BCUT2D eigenvalue weighted by Crippen LogP contribution is 2.40. The summed E-state index contributed by atoms with van der Waals surface area (Å²) in [7, 11) is 0. The number of aromatic nitrogens is 1. The number of amides is 2. The molecular formula is C21H14BrF3N4O3. The van der Waals surface area contributed by atoms with Crippen molar-refractivity contribution in [1.82, 2.24) is 5.16 Å². The standard InChI is InChI=1S/C21H14BrF3N4O3/c22-12-2-1-3-14(10-12)29(20(27)30)13-6-4-11(5-7-13)15-8-9-16(31-21(23,24)25)18-17(15)19(26)28-32-18/h1-10H,(H2,26,28)(H2,27,30). The minimum absolute atomic E-state index is 0.0837. The van der Waals surface area contributed by atoms with Crippen molar-refractivity contribution in [3.05, 3.63) is 65.1 Å². The molecule has 7 nitrogen and oxygen atoms in total. The Bertz CT molecular complexity index is 1310. The molecule has 0 aliphatic carbocycles. The number of nitrogens with zero attached hydrogens (tertiary/aromatic N) is 2. The molecule has 0 fully saturated rings. The van der Waals surface area contributed by atoms with E-state index in [1.807, 2.05) is 6.07 Å². The molecule has 32 heavy (non-hydrogen) atoms. The van der Waals surface area contributed by atoms with Gasteiger partial charge in [-0.25, -0.2) is 4.79 Å². The van der Waals surface area contributed by atoms with Gasteiger partial charge >= 0.3 is 12.4 Å². The van der Waals surface area contributed by atoms with Gasteiger partial charge in [0.1, 0.15) is 0 Å². The van der Waals surface area contributed by atoms with Gasteiger partial charge in [-0.2, -0.15) is 0 Å². The largest absolute Gasteiger partial charge is 0.573 e. The Balaban J connectivity index is 1.75. The van der Waals surface area contributed by atoms with Gasteiger partial charge in [-0.05, 0) is 53.6 Å². The second kappa shape index (κ2) is 8.08. The van der Waals surface area contributed by atoms with Crippen LogP contribution >= 0.6 is 15.9 Å². The zero-order chi connectivity index (χ0) is 23.0. The minimum atomic E-state index is -4.90. The van der Waals surface area contributed by atoms with Gasteiger partial charge in [0.25, 0.3) is 0 Å². The first kappa shape index (κ1) is 21.5. The van der Waals surface area contributed by atoms with Gasteiger partial charge in [-0.1, -0.05) is 39.3 Å². The number of fused-ring (bicyclic) bond motifs is 1. The Morgan fingerprint density at radius 1 is 1.06 bits per heavy atom. The van der Waals surface area contributed by atoms with E-state index >= 15 is 0 Å². The number of carbonyl (C=O) groups is 1. The molecule has 164 valence electrons. The topological polar surface area (TPSA) is 108 Å². The summed E-state index contributed by atoms with van der Waals surface area (Å²) in [6, 6.07) is 15.6. The van der Waals surface area contributed by atoms with Crippen molar-refractivity contribution in [1.29, 1.82) is 0 Å². The highest BCUT2D eigenvalue weighted by molar-refractivity contribution is 9.10. The normalized spacial score (nSPS) is 11.5. The van der Waals surface area contributed by atoms with Crippen LogP contribution in [0.3, 0.4) is 0 Å². The number of nitrogens with two attached hydrogens (primary N) is 2.